The van der Waals surface area contributed by atoms with E-state index in [0.29, 0.717) is 4.91 Å². The normalized spacial score (nSPS) is 12.4. The molecule has 0 aliphatic rings. The highest BCUT2D eigenvalue weighted by Gasteiger charge is 2.12. The highest BCUT2D eigenvalue weighted by molar-refractivity contribution is 7.98. The Morgan fingerprint density at radius 2 is 1.93 bits per heavy atom. The molecule has 0 atom stereocenters. The van der Waals surface area contributed by atoms with Gasteiger partial charge in [0.25, 0.3) is 0 Å². The van der Waals surface area contributed by atoms with Crippen LogP contribution in [0.5, 0.6) is 0 Å². The van der Waals surface area contributed by atoms with Gasteiger partial charge in [0, 0.05) is 19.3 Å². The molecule has 0 spiro atoms. The first kappa shape index (κ1) is 23.1. The van der Waals surface area contributed by atoms with E-state index < -0.39 is 0 Å². The first-order valence-corrected chi connectivity index (χ1v) is 9.88. The van der Waals surface area contributed by atoms with Gasteiger partial charge in [0.2, 0.25) is 0 Å². The third-order valence-corrected chi connectivity index (χ3v) is 5.08. The van der Waals surface area contributed by atoms with E-state index in [1.54, 1.807) is 0 Å². The number of unbranched alkanes of at least 4 members (excludes halogenated alkanes) is 1. The lowest BCUT2D eigenvalue weighted by molar-refractivity contribution is 0.462. The molecule has 5 heteroatoms. The molecule has 0 aliphatic carbocycles. The topological polar surface area (TPSA) is 27.3 Å². The Kier molecular flexibility index (Phi) is 10.6. The largest absolute Gasteiger partial charge is 0.371 e. The molecular weight excluding hydrogens is 357 g/mol. The van der Waals surface area contributed by atoms with Crippen molar-refractivity contribution in [3.63, 3.8) is 0 Å². The summed E-state index contributed by atoms with van der Waals surface area (Å²) in [7, 11) is 3.88. The van der Waals surface area contributed by atoms with Crippen molar-refractivity contribution in [3.05, 3.63) is 77.1 Å². The molecule has 0 saturated carbocycles. The van der Waals surface area contributed by atoms with Crippen molar-refractivity contribution in [1.29, 1.82) is 0 Å². The molecule has 148 valence electrons. The summed E-state index contributed by atoms with van der Waals surface area (Å²) in [5.74, 6) is 0.888. The number of nitrogens with one attached hydrogen (secondary N) is 2. The summed E-state index contributed by atoms with van der Waals surface area (Å²) in [5.41, 5.74) is 3.99. The molecule has 0 radical (unpaired) electrons. The van der Waals surface area contributed by atoms with Gasteiger partial charge in [-0.05, 0) is 63.1 Å². The van der Waals surface area contributed by atoms with E-state index in [9.17, 15) is 3.89 Å². The zero-order valence-corrected chi connectivity index (χ0v) is 17.8. The van der Waals surface area contributed by atoms with Gasteiger partial charge in [-0.15, -0.1) is 0 Å². The molecule has 2 N–H and O–H groups in total. The van der Waals surface area contributed by atoms with E-state index >= 15 is 0 Å². The minimum Gasteiger partial charge on any atom is -0.371 e. The lowest BCUT2D eigenvalue weighted by Gasteiger charge is -2.26. The molecule has 0 aromatic heterocycles. The van der Waals surface area contributed by atoms with E-state index in [4.69, 9.17) is 0 Å². The van der Waals surface area contributed by atoms with Crippen LogP contribution in [-0.4, -0.2) is 32.1 Å². The third-order valence-electron chi connectivity index (χ3n) is 4.45. The van der Waals surface area contributed by atoms with E-state index in [1.165, 1.54) is 11.6 Å². The standard InChI is InChI=1S/C22H32FN3S/c1-7-21(27-23)19(4)26(6)22(25-15-11-10-14-24-5)16-18(3)20-13-9-8-12-17(20)2/h7-9,12-13,16,24-25H,1,3,10-11,14-15H2,2,4-6H3/b21-19+,22-16-. The fourth-order valence-corrected chi connectivity index (χ4v) is 2.98. The van der Waals surface area contributed by atoms with Crippen LogP contribution in [0.15, 0.2) is 66.0 Å². The van der Waals surface area contributed by atoms with Crippen molar-refractivity contribution in [2.75, 3.05) is 27.2 Å². The number of benzene rings is 1. The Bertz CT molecular complexity index is 695. The fourth-order valence-electron chi connectivity index (χ4n) is 2.67. The summed E-state index contributed by atoms with van der Waals surface area (Å²) in [5, 5.41) is 6.64. The molecule has 1 aromatic carbocycles. The SMILES string of the molecule is C=C/C(SF)=C(/C)N(C)/C(=C\C(=C)c1ccccc1C)NCCCCNC. The molecule has 0 aliphatic heterocycles. The molecule has 3 nitrogen and oxygen atoms in total. The van der Waals surface area contributed by atoms with E-state index in [1.807, 2.05) is 44.1 Å². The van der Waals surface area contributed by atoms with Crippen LogP contribution in [0.2, 0.25) is 0 Å². The highest BCUT2D eigenvalue weighted by Crippen LogP contribution is 2.26. The Morgan fingerprint density at radius 3 is 2.52 bits per heavy atom. The van der Waals surface area contributed by atoms with Crippen LogP contribution in [0.25, 0.3) is 5.57 Å². The maximum Gasteiger partial charge on any atom is 0.106 e. The average molecular weight is 390 g/mol. The van der Waals surface area contributed by atoms with Crippen LogP contribution in [0.1, 0.15) is 30.9 Å². The molecule has 1 aromatic rings. The summed E-state index contributed by atoms with van der Waals surface area (Å²) in [4.78, 5) is 2.45. The Hall–Kier alpha value is -1.98. The van der Waals surface area contributed by atoms with Gasteiger partial charge in [-0.3, -0.25) is 0 Å². The minimum atomic E-state index is 0.211. The lowest BCUT2D eigenvalue weighted by atomic mass is 10.0. The maximum atomic E-state index is 13.2. The van der Waals surface area contributed by atoms with Crippen molar-refractivity contribution in [3.8, 4) is 0 Å². The van der Waals surface area contributed by atoms with Crippen molar-refractivity contribution < 1.29 is 3.89 Å². The first-order valence-electron chi connectivity index (χ1n) is 9.17. The van der Waals surface area contributed by atoms with Crippen LogP contribution in [-0.2, 0) is 0 Å². The van der Waals surface area contributed by atoms with Crippen molar-refractivity contribution in [2.45, 2.75) is 26.7 Å². The second kappa shape index (κ2) is 12.4. The summed E-state index contributed by atoms with van der Waals surface area (Å²) in [6, 6.07) is 8.17. The number of nitrogens with zero attached hydrogens (tertiary/aromatic N) is 1. The Morgan fingerprint density at radius 1 is 1.26 bits per heavy atom. The molecule has 0 heterocycles. The van der Waals surface area contributed by atoms with Crippen molar-refractivity contribution in [2.24, 2.45) is 0 Å². The summed E-state index contributed by atoms with van der Waals surface area (Å²) in [6.45, 7) is 13.7. The summed E-state index contributed by atoms with van der Waals surface area (Å²) < 4.78 is 13.2. The third kappa shape index (κ3) is 7.27. The van der Waals surface area contributed by atoms with Crippen LogP contribution in [0.4, 0.5) is 3.89 Å². The van der Waals surface area contributed by atoms with Crippen molar-refractivity contribution >= 4 is 17.7 Å². The molecule has 0 saturated heterocycles. The first-order chi connectivity index (χ1) is 13.0. The second-order valence-corrected chi connectivity index (χ2v) is 6.99. The van der Waals surface area contributed by atoms with E-state index in [0.717, 1.165) is 48.6 Å². The number of hydrogen-bond donors (Lipinski definition) is 2. The van der Waals surface area contributed by atoms with Gasteiger partial charge in [0.1, 0.15) is 5.82 Å². The zero-order valence-electron chi connectivity index (χ0n) is 16.9. The van der Waals surface area contributed by atoms with Gasteiger partial charge in [-0.1, -0.05) is 43.5 Å². The Labute approximate surface area is 168 Å². The highest BCUT2D eigenvalue weighted by atomic mass is 32.2. The molecule has 0 amide bonds. The summed E-state index contributed by atoms with van der Waals surface area (Å²) in [6.07, 6.45) is 5.69. The van der Waals surface area contributed by atoms with E-state index in [-0.39, 0.29) is 12.1 Å². The number of allylic oxidation sites excluding steroid dienone is 4. The molecule has 0 unspecified atom stereocenters. The molecule has 1 rings (SSSR count). The van der Waals surface area contributed by atoms with Gasteiger partial charge >= 0.3 is 0 Å². The number of aryl methyl sites for hydroxylation is 1. The molecule has 0 bridgehead atoms. The minimum absolute atomic E-state index is 0.211. The van der Waals surface area contributed by atoms with Crippen LogP contribution in [0.3, 0.4) is 0 Å². The van der Waals surface area contributed by atoms with Crippen molar-refractivity contribution in [1.82, 2.24) is 15.5 Å². The smallest absolute Gasteiger partial charge is 0.106 e. The van der Waals surface area contributed by atoms with Gasteiger partial charge < -0.3 is 15.5 Å². The van der Waals surface area contributed by atoms with Crippen LogP contribution >= 0.6 is 12.1 Å². The van der Waals surface area contributed by atoms with Crippen LogP contribution in [0, 0.1) is 6.92 Å². The zero-order chi connectivity index (χ0) is 20.2. The number of rotatable bonds is 12. The van der Waals surface area contributed by atoms with Crippen LogP contribution < -0.4 is 10.6 Å². The van der Waals surface area contributed by atoms with Gasteiger partial charge in [-0.2, -0.15) is 3.89 Å². The van der Waals surface area contributed by atoms with Gasteiger partial charge in [0.05, 0.1) is 17.1 Å². The predicted octanol–water partition coefficient (Wildman–Crippen LogP) is 5.41. The number of hydrogen-bond acceptors (Lipinski definition) is 4. The maximum absolute atomic E-state index is 13.2. The molecular formula is C22H32FN3S. The lowest BCUT2D eigenvalue weighted by Crippen LogP contribution is -2.29. The fraction of sp³-hybridized carbons (Fsp3) is 0.364. The van der Waals surface area contributed by atoms with E-state index in [2.05, 4.69) is 42.8 Å². The molecule has 0 fully saturated rings. The molecule has 27 heavy (non-hydrogen) atoms. The van der Waals surface area contributed by atoms with Gasteiger partial charge in [-0.25, -0.2) is 0 Å². The Balaban J connectivity index is 3.09. The average Bonchev–Trinajstić information content (AvgIpc) is 2.67. The van der Waals surface area contributed by atoms with Gasteiger partial charge in [0.15, 0.2) is 0 Å². The predicted molar refractivity (Wildman–Crippen MR) is 119 cm³/mol. The second-order valence-electron chi connectivity index (χ2n) is 6.40. The quantitative estimate of drug-likeness (QED) is 0.369. The number of halogens is 1. The monoisotopic (exact) mass is 389 g/mol. The summed E-state index contributed by atoms with van der Waals surface area (Å²) >= 11 is 0.211.